The highest BCUT2D eigenvalue weighted by Crippen LogP contribution is 2.53. The van der Waals surface area contributed by atoms with E-state index in [9.17, 15) is 18.7 Å². The molecule has 4 aromatic heterocycles. The fourth-order valence-corrected chi connectivity index (χ4v) is 12.1. The maximum Gasteiger partial charge on any atom is 0.140 e. The van der Waals surface area contributed by atoms with E-state index in [2.05, 4.69) is 32.5 Å². The number of hydrogen-bond acceptors (Lipinski definition) is 8. The van der Waals surface area contributed by atoms with E-state index in [1.807, 2.05) is 93.5 Å². The van der Waals surface area contributed by atoms with Gasteiger partial charge in [0.05, 0.1) is 59.6 Å². The zero-order chi connectivity index (χ0) is 40.9. The average Bonchev–Trinajstić information content (AvgIpc) is 4.04. The van der Waals surface area contributed by atoms with E-state index in [0.717, 1.165) is 83.7 Å². The summed E-state index contributed by atoms with van der Waals surface area (Å²) in [6.07, 6.45) is 23.2. The zero-order valence-electron chi connectivity index (χ0n) is 33.3. The number of Topliss-reactive ketones (excluding diaryl/α,β-unsaturated/α-hetero) is 1. The van der Waals surface area contributed by atoms with Crippen molar-refractivity contribution in [1.29, 1.82) is 0 Å². The van der Waals surface area contributed by atoms with Gasteiger partial charge in [-0.15, -0.1) is 23.5 Å². The van der Waals surface area contributed by atoms with Gasteiger partial charge in [0.2, 0.25) is 0 Å². The van der Waals surface area contributed by atoms with Crippen LogP contribution in [0.1, 0.15) is 68.0 Å². The Morgan fingerprint density at radius 2 is 1.20 bits per heavy atom. The van der Waals surface area contributed by atoms with Crippen molar-refractivity contribution in [3.8, 4) is 11.4 Å². The number of ketones is 1. The van der Waals surface area contributed by atoms with Gasteiger partial charge in [0.1, 0.15) is 17.4 Å². The molecule has 0 unspecified atom stereocenters. The summed E-state index contributed by atoms with van der Waals surface area (Å²) in [5, 5.41) is 28.9. The number of thioether (sulfide) groups is 2. The van der Waals surface area contributed by atoms with Crippen LogP contribution < -0.4 is 0 Å². The summed E-state index contributed by atoms with van der Waals surface area (Å²) in [5.41, 5.74) is 7.77. The second-order valence-corrected chi connectivity index (χ2v) is 19.1. The number of aryl methyl sites for hydroxylation is 2. The smallest absolute Gasteiger partial charge is 0.140 e. The van der Waals surface area contributed by atoms with Crippen LogP contribution in [-0.4, -0.2) is 67.1 Å². The summed E-state index contributed by atoms with van der Waals surface area (Å²) < 4.78 is 34.0. The first-order valence-corrected chi connectivity index (χ1v) is 21.8. The summed E-state index contributed by atoms with van der Waals surface area (Å²) in [6.45, 7) is 1.87. The number of carbonyl (C=O) groups excluding carboxylic acids is 1. The summed E-state index contributed by atoms with van der Waals surface area (Å²) in [5.74, 6) is -0.291. The first-order valence-electron chi connectivity index (χ1n) is 20.0. The first kappa shape index (κ1) is 39.4. The molecule has 10 rings (SSSR count). The fraction of sp³-hybridized carbons (Fsp3) is 0.356. The number of fused-ring (bicyclic) bond motifs is 4. The summed E-state index contributed by atoms with van der Waals surface area (Å²) in [7, 11) is 3.85. The third-order valence-corrected chi connectivity index (χ3v) is 14.9. The SMILES string of the molecule is CC(=O)[C@]12Cc3cnn(-c4ccc(F)cc4)c3C=C1CC[C@H](Sc1cnn(C)c1)C2.Cn1cc(S[C@H]2CCC3=Cc4c(cnn4-c4ccc(F)cc4)C[C@]3(CO)C2)cn1. The molecule has 2 fully saturated rings. The van der Waals surface area contributed by atoms with Gasteiger partial charge in [-0.2, -0.15) is 20.4 Å². The monoisotopic (exact) mass is 832 g/mol. The highest BCUT2D eigenvalue weighted by Gasteiger charge is 2.47. The lowest BCUT2D eigenvalue weighted by Gasteiger charge is -2.44. The molecule has 0 aliphatic heterocycles. The number of rotatable bonds is 8. The van der Waals surface area contributed by atoms with E-state index in [4.69, 9.17) is 0 Å². The third-order valence-electron chi connectivity index (χ3n) is 12.5. The molecule has 10 nitrogen and oxygen atoms in total. The van der Waals surface area contributed by atoms with E-state index in [1.165, 1.54) is 40.3 Å². The zero-order valence-corrected chi connectivity index (χ0v) is 34.9. The molecule has 4 atom stereocenters. The van der Waals surface area contributed by atoms with E-state index < -0.39 is 5.41 Å². The standard InChI is InChI=1S/C23H23FN4OS.C22H23FN4OS/c1-15(29)23-10-16-12-26-28(19-6-4-18(24)5-7-19)22(16)9-17(23)3-8-20(11-23)30-21-13-25-27(2)14-21;1-26-13-20(12-24-26)29-19-7-2-16-8-21-15(9-22(16,10-19)14-28)11-25-27(21)18-5-3-17(23)4-6-18/h4-7,9,12-14,20H,3,8,10-11H2,1-2H3;3-6,8,11-13,19,28H,2,7,9-10,14H2,1H3/t20-,23+;19-,22+/m00/s1. The van der Waals surface area contributed by atoms with Crippen LogP contribution in [0.3, 0.4) is 0 Å². The number of carbonyl (C=O) groups is 1. The summed E-state index contributed by atoms with van der Waals surface area (Å²) in [4.78, 5) is 15.3. The topological polar surface area (TPSA) is 109 Å². The Kier molecular flexibility index (Phi) is 10.6. The highest BCUT2D eigenvalue weighted by molar-refractivity contribution is 8.00. The second kappa shape index (κ2) is 15.9. The Hall–Kier alpha value is -5.05. The average molecular weight is 833 g/mol. The first-order chi connectivity index (χ1) is 28.5. The van der Waals surface area contributed by atoms with Gasteiger partial charge in [-0.3, -0.25) is 14.2 Å². The molecule has 304 valence electrons. The number of aromatic nitrogens is 8. The van der Waals surface area contributed by atoms with Gasteiger partial charge >= 0.3 is 0 Å². The Morgan fingerprint density at radius 3 is 1.69 bits per heavy atom. The van der Waals surface area contributed by atoms with Crippen LogP contribution in [-0.2, 0) is 31.7 Å². The van der Waals surface area contributed by atoms with Gasteiger partial charge in [0.25, 0.3) is 0 Å². The van der Waals surface area contributed by atoms with E-state index in [0.29, 0.717) is 16.9 Å². The molecule has 0 radical (unpaired) electrons. The third kappa shape index (κ3) is 7.66. The second-order valence-electron chi connectivity index (χ2n) is 16.3. The number of aliphatic hydroxyl groups excluding tert-OH is 1. The van der Waals surface area contributed by atoms with Gasteiger partial charge in [-0.1, -0.05) is 11.1 Å². The lowest BCUT2D eigenvalue weighted by molar-refractivity contribution is -0.125. The van der Waals surface area contributed by atoms with Gasteiger partial charge in [-0.25, -0.2) is 18.1 Å². The predicted octanol–water partition coefficient (Wildman–Crippen LogP) is 8.61. The van der Waals surface area contributed by atoms with Crippen LogP contribution in [0.2, 0.25) is 0 Å². The molecule has 0 saturated heterocycles. The van der Waals surface area contributed by atoms with Crippen LogP contribution in [0.25, 0.3) is 23.5 Å². The Bertz CT molecular complexity index is 2570. The number of benzene rings is 2. The number of nitrogens with zero attached hydrogens (tertiary/aromatic N) is 8. The summed E-state index contributed by atoms with van der Waals surface area (Å²) >= 11 is 3.68. The normalized spacial score (nSPS) is 23.2. The van der Waals surface area contributed by atoms with Gasteiger partial charge < -0.3 is 5.11 Å². The van der Waals surface area contributed by atoms with Crippen LogP contribution >= 0.6 is 23.5 Å². The molecule has 1 N–H and O–H groups in total. The van der Waals surface area contributed by atoms with E-state index in [1.54, 1.807) is 31.2 Å². The minimum atomic E-state index is -0.457. The molecule has 14 heteroatoms. The van der Waals surface area contributed by atoms with E-state index >= 15 is 0 Å². The maximum atomic E-state index is 13.3. The predicted molar refractivity (Wildman–Crippen MR) is 226 cm³/mol. The van der Waals surface area contributed by atoms with Gasteiger partial charge in [0.15, 0.2) is 0 Å². The molecule has 6 aromatic rings. The Morgan fingerprint density at radius 1 is 0.712 bits per heavy atom. The molecule has 4 aliphatic rings. The minimum absolute atomic E-state index is 0.143. The summed E-state index contributed by atoms with van der Waals surface area (Å²) in [6, 6.07) is 12.8. The number of hydrogen-bond donors (Lipinski definition) is 1. The molecule has 2 saturated carbocycles. The van der Waals surface area contributed by atoms with Gasteiger partial charge in [0, 0.05) is 52.2 Å². The molecule has 4 aliphatic carbocycles. The lowest BCUT2D eigenvalue weighted by atomic mass is 9.62. The fourth-order valence-electron chi connectivity index (χ4n) is 9.42. The molecule has 0 amide bonds. The van der Waals surface area contributed by atoms with Crippen molar-refractivity contribution in [2.75, 3.05) is 6.61 Å². The van der Waals surface area contributed by atoms with Crippen LogP contribution in [0.15, 0.2) is 107 Å². The molecular formula is C45H46F2N8O2S2. The maximum absolute atomic E-state index is 13.3. The minimum Gasteiger partial charge on any atom is -0.395 e. The van der Waals surface area contributed by atoms with Crippen molar-refractivity contribution in [3.05, 3.63) is 131 Å². The Labute approximate surface area is 350 Å². The molecule has 0 spiro atoms. The molecule has 0 bridgehead atoms. The van der Waals surface area contributed by atoms with Crippen LogP contribution in [0, 0.1) is 22.5 Å². The van der Waals surface area contributed by atoms with Crippen molar-refractivity contribution in [2.45, 2.75) is 78.6 Å². The van der Waals surface area contributed by atoms with E-state index in [-0.39, 0.29) is 29.4 Å². The number of allylic oxidation sites excluding steroid dienone is 1. The Balaban J connectivity index is 0.000000152. The molecule has 59 heavy (non-hydrogen) atoms. The highest BCUT2D eigenvalue weighted by atomic mass is 32.2. The lowest BCUT2D eigenvalue weighted by Crippen LogP contribution is -2.41. The van der Waals surface area contributed by atoms with Crippen molar-refractivity contribution in [3.63, 3.8) is 0 Å². The molecule has 4 heterocycles. The number of halogens is 2. The largest absolute Gasteiger partial charge is 0.395 e. The quantitative estimate of drug-likeness (QED) is 0.163. The van der Waals surface area contributed by atoms with Crippen molar-refractivity contribution < 1.29 is 18.7 Å². The van der Waals surface area contributed by atoms with Crippen molar-refractivity contribution in [1.82, 2.24) is 39.1 Å². The van der Waals surface area contributed by atoms with Crippen molar-refractivity contribution in [2.24, 2.45) is 24.9 Å². The van der Waals surface area contributed by atoms with Gasteiger partial charge in [-0.05, 0) is 130 Å². The van der Waals surface area contributed by atoms with Crippen molar-refractivity contribution >= 4 is 41.5 Å². The molecular weight excluding hydrogens is 787 g/mol. The van der Waals surface area contributed by atoms with Crippen LogP contribution in [0.4, 0.5) is 8.78 Å². The molecule has 2 aromatic carbocycles. The van der Waals surface area contributed by atoms with Crippen LogP contribution in [0.5, 0.6) is 0 Å². The number of aliphatic hydroxyl groups is 1.